The van der Waals surface area contributed by atoms with Crippen LogP contribution in [0.2, 0.25) is 0 Å². The highest BCUT2D eigenvalue weighted by Crippen LogP contribution is 2.24. The lowest BCUT2D eigenvalue weighted by Gasteiger charge is -2.30. The minimum absolute atomic E-state index is 0.0522. The Hall–Kier alpha value is -0.570. The third-order valence-corrected chi connectivity index (χ3v) is 3.28. The van der Waals surface area contributed by atoms with Gasteiger partial charge in [0.2, 0.25) is 5.91 Å². The van der Waals surface area contributed by atoms with E-state index in [1.165, 1.54) is 0 Å². The minimum atomic E-state index is -0.445. The standard InChI is InChI=1S/C13H28N2O/c1-9(12(2,3)4)8-15-11(16)10(14)13(5,6)7/h9-10H,8,14H2,1-7H3,(H,15,16)/t9?,10-/m0/s1. The highest BCUT2D eigenvalue weighted by Gasteiger charge is 2.28. The van der Waals surface area contributed by atoms with E-state index in [-0.39, 0.29) is 16.7 Å². The second-order valence-electron chi connectivity index (χ2n) is 6.86. The fraction of sp³-hybridized carbons (Fsp3) is 0.923. The van der Waals surface area contributed by atoms with Crippen LogP contribution in [-0.2, 0) is 4.79 Å². The summed E-state index contributed by atoms with van der Waals surface area (Å²) in [5.74, 6) is 0.382. The molecule has 1 amide bonds. The normalized spacial score (nSPS) is 16.8. The topological polar surface area (TPSA) is 55.1 Å². The van der Waals surface area contributed by atoms with Crippen molar-refractivity contribution in [2.75, 3.05) is 6.54 Å². The van der Waals surface area contributed by atoms with E-state index in [9.17, 15) is 4.79 Å². The molecule has 3 heteroatoms. The van der Waals surface area contributed by atoms with Gasteiger partial charge in [-0.25, -0.2) is 0 Å². The van der Waals surface area contributed by atoms with E-state index in [4.69, 9.17) is 5.73 Å². The molecule has 1 unspecified atom stereocenters. The van der Waals surface area contributed by atoms with Crippen LogP contribution in [0.15, 0.2) is 0 Å². The molecule has 0 saturated heterocycles. The van der Waals surface area contributed by atoms with Crippen molar-refractivity contribution in [1.82, 2.24) is 5.32 Å². The van der Waals surface area contributed by atoms with Crippen LogP contribution in [-0.4, -0.2) is 18.5 Å². The van der Waals surface area contributed by atoms with Crippen LogP contribution in [0.3, 0.4) is 0 Å². The van der Waals surface area contributed by atoms with E-state index in [2.05, 4.69) is 33.0 Å². The number of amides is 1. The van der Waals surface area contributed by atoms with Gasteiger partial charge in [0.1, 0.15) is 0 Å². The fourth-order valence-electron chi connectivity index (χ4n) is 1.06. The molecule has 0 aromatic rings. The van der Waals surface area contributed by atoms with Crippen molar-refractivity contribution in [2.45, 2.75) is 54.5 Å². The SMILES string of the molecule is CC(CNC(=O)[C@H](N)C(C)(C)C)C(C)(C)C. The Morgan fingerprint density at radius 3 is 1.88 bits per heavy atom. The number of nitrogens with two attached hydrogens (primary N) is 1. The number of hydrogen-bond acceptors (Lipinski definition) is 2. The molecule has 0 fully saturated rings. The second kappa shape index (κ2) is 5.17. The second-order valence-corrected chi connectivity index (χ2v) is 6.86. The molecular formula is C13H28N2O. The number of hydrogen-bond donors (Lipinski definition) is 2. The van der Waals surface area contributed by atoms with Gasteiger partial charge in [-0.05, 0) is 16.7 Å². The molecule has 0 radical (unpaired) electrons. The first-order valence-corrected chi connectivity index (χ1v) is 5.99. The van der Waals surface area contributed by atoms with Crippen molar-refractivity contribution in [3.05, 3.63) is 0 Å². The van der Waals surface area contributed by atoms with E-state index in [1.54, 1.807) is 0 Å². The van der Waals surface area contributed by atoms with Crippen LogP contribution < -0.4 is 11.1 Å². The number of carbonyl (C=O) groups excluding carboxylic acids is 1. The molecule has 0 aliphatic carbocycles. The molecule has 96 valence electrons. The maximum Gasteiger partial charge on any atom is 0.237 e. The molecule has 0 bridgehead atoms. The van der Waals surface area contributed by atoms with Gasteiger partial charge in [0.25, 0.3) is 0 Å². The molecule has 0 spiro atoms. The molecular weight excluding hydrogens is 200 g/mol. The van der Waals surface area contributed by atoms with E-state index >= 15 is 0 Å². The van der Waals surface area contributed by atoms with Crippen molar-refractivity contribution < 1.29 is 4.79 Å². The smallest absolute Gasteiger partial charge is 0.237 e. The molecule has 0 aromatic carbocycles. The zero-order chi connectivity index (χ0) is 13.1. The molecule has 0 rings (SSSR count). The summed E-state index contributed by atoms with van der Waals surface area (Å²) in [6, 6.07) is -0.445. The summed E-state index contributed by atoms with van der Waals surface area (Å²) in [7, 11) is 0. The number of nitrogens with one attached hydrogen (secondary N) is 1. The quantitative estimate of drug-likeness (QED) is 0.777. The number of carbonyl (C=O) groups is 1. The molecule has 0 saturated carbocycles. The van der Waals surface area contributed by atoms with Gasteiger partial charge in [-0.15, -0.1) is 0 Å². The summed E-state index contributed by atoms with van der Waals surface area (Å²) >= 11 is 0. The lowest BCUT2D eigenvalue weighted by Crippen LogP contribution is -2.50. The van der Waals surface area contributed by atoms with Gasteiger partial charge in [0, 0.05) is 6.54 Å². The highest BCUT2D eigenvalue weighted by molar-refractivity contribution is 5.82. The Bertz CT molecular complexity index is 235. The van der Waals surface area contributed by atoms with Crippen LogP contribution in [0.1, 0.15) is 48.5 Å². The zero-order valence-electron chi connectivity index (χ0n) is 11.8. The average molecular weight is 228 g/mol. The first kappa shape index (κ1) is 15.4. The zero-order valence-corrected chi connectivity index (χ0v) is 11.8. The Balaban J connectivity index is 4.19. The van der Waals surface area contributed by atoms with Crippen LogP contribution in [0, 0.1) is 16.7 Å². The number of rotatable bonds is 3. The first-order chi connectivity index (χ1) is 6.96. The van der Waals surface area contributed by atoms with Crippen molar-refractivity contribution in [3.8, 4) is 0 Å². The Labute approximate surface area is 100 Å². The molecule has 0 aliphatic rings. The molecule has 2 atom stereocenters. The lowest BCUT2D eigenvalue weighted by molar-refractivity contribution is -0.124. The highest BCUT2D eigenvalue weighted by atomic mass is 16.2. The van der Waals surface area contributed by atoms with Gasteiger partial charge < -0.3 is 11.1 Å². The summed E-state index contributed by atoms with van der Waals surface area (Å²) in [4.78, 5) is 11.8. The Kier molecular flexibility index (Phi) is 4.99. The monoisotopic (exact) mass is 228 g/mol. The molecule has 0 aromatic heterocycles. The van der Waals surface area contributed by atoms with Crippen molar-refractivity contribution in [2.24, 2.45) is 22.5 Å². The first-order valence-electron chi connectivity index (χ1n) is 5.99. The fourth-order valence-corrected chi connectivity index (χ4v) is 1.06. The molecule has 16 heavy (non-hydrogen) atoms. The van der Waals surface area contributed by atoms with Gasteiger partial charge >= 0.3 is 0 Å². The van der Waals surface area contributed by atoms with Gasteiger partial charge in [-0.2, -0.15) is 0 Å². The molecule has 0 heterocycles. The Morgan fingerprint density at radius 2 is 1.56 bits per heavy atom. The summed E-state index contributed by atoms with van der Waals surface area (Å²) < 4.78 is 0. The maximum atomic E-state index is 11.8. The molecule has 3 N–H and O–H groups in total. The third kappa shape index (κ3) is 4.97. The van der Waals surface area contributed by atoms with Crippen molar-refractivity contribution in [1.29, 1.82) is 0 Å². The third-order valence-electron chi connectivity index (χ3n) is 3.28. The van der Waals surface area contributed by atoms with Gasteiger partial charge in [-0.3, -0.25) is 4.79 Å². The average Bonchev–Trinajstić information content (AvgIpc) is 2.09. The summed E-state index contributed by atoms with van der Waals surface area (Å²) in [6.45, 7) is 15.3. The molecule has 3 nitrogen and oxygen atoms in total. The van der Waals surface area contributed by atoms with Crippen LogP contribution in [0.25, 0.3) is 0 Å². The van der Waals surface area contributed by atoms with E-state index < -0.39 is 6.04 Å². The van der Waals surface area contributed by atoms with Gasteiger partial charge in [0.05, 0.1) is 6.04 Å². The van der Waals surface area contributed by atoms with Crippen LogP contribution >= 0.6 is 0 Å². The predicted molar refractivity (Wildman–Crippen MR) is 69.1 cm³/mol. The van der Waals surface area contributed by atoms with E-state index in [0.717, 1.165) is 0 Å². The van der Waals surface area contributed by atoms with Gasteiger partial charge in [-0.1, -0.05) is 48.5 Å². The van der Waals surface area contributed by atoms with Crippen LogP contribution in [0.5, 0.6) is 0 Å². The lowest BCUT2D eigenvalue weighted by atomic mass is 9.82. The largest absolute Gasteiger partial charge is 0.354 e. The predicted octanol–water partition coefficient (Wildman–Crippen LogP) is 2.16. The van der Waals surface area contributed by atoms with Crippen molar-refractivity contribution >= 4 is 5.91 Å². The summed E-state index contributed by atoms with van der Waals surface area (Å²) in [5, 5.41) is 2.93. The maximum absolute atomic E-state index is 11.8. The minimum Gasteiger partial charge on any atom is -0.354 e. The molecule has 0 aliphatic heterocycles. The summed E-state index contributed by atoms with van der Waals surface area (Å²) in [5.41, 5.74) is 5.90. The van der Waals surface area contributed by atoms with Gasteiger partial charge in [0.15, 0.2) is 0 Å². The van der Waals surface area contributed by atoms with Crippen LogP contribution in [0.4, 0.5) is 0 Å². The van der Waals surface area contributed by atoms with E-state index in [1.807, 2.05) is 20.8 Å². The van der Waals surface area contributed by atoms with Crippen molar-refractivity contribution in [3.63, 3.8) is 0 Å². The summed E-state index contributed by atoms with van der Waals surface area (Å²) in [6.07, 6.45) is 0. The van der Waals surface area contributed by atoms with E-state index in [0.29, 0.717) is 12.5 Å². The Morgan fingerprint density at radius 1 is 1.12 bits per heavy atom.